The van der Waals surface area contributed by atoms with Gasteiger partial charge in [0.05, 0.1) is 5.41 Å². The first-order valence-electron chi connectivity index (χ1n) is 24.0. The van der Waals surface area contributed by atoms with Crippen LogP contribution >= 0.6 is 0 Å². The number of carboxylic acid groups (broad SMARTS) is 1. The first-order chi connectivity index (χ1) is 27.4. The third kappa shape index (κ3) is 9.72. The molecule has 0 aromatic rings. The summed E-state index contributed by atoms with van der Waals surface area (Å²) in [5, 5.41) is 14.6. The molecule has 8 atom stereocenters. The van der Waals surface area contributed by atoms with E-state index in [9.17, 15) is 19.2 Å². The lowest BCUT2D eigenvalue weighted by atomic mass is 9.33. The maximum absolute atomic E-state index is 14.5. The number of carboxylic acids is 1. The molecule has 2 amide bonds. The van der Waals surface area contributed by atoms with E-state index in [4.69, 9.17) is 9.84 Å². The Bertz CT molecular complexity index is 1490. The molecule has 5 aliphatic rings. The average Bonchev–Trinajstić information content (AvgIpc) is 3.15. The minimum Gasteiger partial charge on any atom is -0.480 e. The van der Waals surface area contributed by atoms with Gasteiger partial charge in [-0.15, -0.1) is 0 Å². The van der Waals surface area contributed by atoms with E-state index in [0.717, 1.165) is 83.5 Å². The van der Waals surface area contributed by atoms with Crippen molar-refractivity contribution in [2.24, 2.45) is 50.2 Å². The van der Waals surface area contributed by atoms with E-state index in [2.05, 4.69) is 72.1 Å². The smallest absolute Gasteiger partial charge is 0.322 e. The van der Waals surface area contributed by atoms with E-state index in [1.165, 1.54) is 51.4 Å². The van der Waals surface area contributed by atoms with Crippen molar-refractivity contribution in [3.63, 3.8) is 0 Å². The third-order valence-electron chi connectivity index (χ3n) is 17.6. The summed E-state index contributed by atoms with van der Waals surface area (Å²) >= 11 is 0. The normalized spacial score (nSPS) is 34.6. The van der Waals surface area contributed by atoms with E-state index in [-0.39, 0.29) is 68.8 Å². The van der Waals surface area contributed by atoms with Crippen molar-refractivity contribution in [1.82, 2.24) is 10.6 Å². The zero-order valence-corrected chi connectivity index (χ0v) is 38.3. The molecule has 5 rings (SSSR count). The highest BCUT2D eigenvalue weighted by molar-refractivity contribution is 5.84. The van der Waals surface area contributed by atoms with Crippen molar-refractivity contribution < 1.29 is 29.0 Å². The number of ether oxygens (including phenoxy) is 1. The summed E-state index contributed by atoms with van der Waals surface area (Å²) in [6.45, 7) is 19.9. The van der Waals surface area contributed by atoms with E-state index in [1.54, 1.807) is 5.57 Å². The Morgan fingerprint density at radius 2 is 1.36 bits per heavy atom. The number of hydrogen-bond donors (Lipinski definition) is 3. The molecule has 8 nitrogen and oxygen atoms in total. The van der Waals surface area contributed by atoms with Crippen LogP contribution in [0.5, 0.6) is 0 Å². The van der Waals surface area contributed by atoms with Crippen LogP contribution in [0.1, 0.15) is 209 Å². The number of nitrogens with one attached hydrogen (secondary N) is 2. The van der Waals surface area contributed by atoms with Crippen molar-refractivity contribution in [1.29, 1.82) is 0 Å². The van der Waals surface area contributed by atoms with Gasteiger partial charge in [-0.1, -0.05) is 125 Å². The standard InChI is InChI=1S/C50H84N2O6/c1-9-10-11-12-13-14-15-16-19-22-43(56)58-40-26-27-47(6)38(46(40,4)5)25-28-49(8)39(47)24-23-36-37-34-45(2,3)29-31-50(37,32-30-48(36,49)7)44(57)51-33-20-17-18-21-41(53)52-35-42(54)55/h23,37-40H,9-22,24-35H2,1-8H3,(H,51,57)(H,52,53)(H,54,55)/t37?,38?,39?,40-,47-,48+,49+,50-/m0/s1. The molecule has 0 radical (unpaired) electrons. The van der Waals surface area contributed by atoms with E-state index >= 15 is 0 Å². The van der Waals surface area contributed by atoms with Gasteiger partial charge < -0.3 is 20.5 Å². The van der Waals surface area contributed by atoms with Gasteiger partial charge in [-0.05, 0) is 123 Å². The maximum atomic E-state index is 14.5. The van der Waals surface area contributed by atoms with Crippen LogP contribution in [0.25, 0.3) is 0 Å². The number of allylic oxidation sites excluding steroid dienone is 2. The monoisotopic (exact) mass is 809 g/mol. The van der Waals surface area contributed by atoms with E-state index in [1.807, 2.05) is 0 Å². The number of carbonyl (C=O) groups is 4. The Hall–Kier alpha value is -2.38. The number of unbranched alkanes of at least 4 members (excludes halogenated alkanes) is 10. The van der Waals surface area contributed by atoms with Gasteiger partial charge in [0.25, 0.3) is 0 Å². The van der Waals surface area contributed by atoms with E-state index < -0.39 is 5.97 Å². The molecule has 0 heterocycles. The molecule has 58 heavy (non-hydrogen) atoms. The maximum Gasteiger partial charge on any atom is 0.322 e. The highest BCUT2D eigenvalue weighted by Gasteiger charge is 2.69. The van der Waals surface area contributed by atoms with Crippen LogP contribution in [0.15, 0.2) is 11.6 Å². The van der Waals surface area contributed by atoms with Crippen LogP contribution in [0.3, 0.4) is 0 Å². The summed E-state index contributed by atoms with van der Waals surface area (Å²) < 4.78 is 6.40. The van der Waals surface area contributed by atoms with Crippen molar-refractivity contribution in [2.75, 3.05) is 13.1 Å². The van der Waals surface area contributed by atoms with Gasteiger partial charge in [-0.3, -0.25) is 19.2 Å². The summed E-state index contributed by atoms with van der Waals surface area (Å²) in [5.74, 6) is 0.251. The molecule has 5 aliphatic carbocycles. The molecule has 0 aromatic heterocycles. The first-order valence-corrected chi connectivity index (χ1v) is 24.0. The first kappa shape index (κ1) is 46.7. The quantitative estimate of drug-likeness (QED) is 0.0640. The number of rotatable bonds is 20. The molecule has 4 saturated carbocycles. The van der Waals surface area contributed by atoms with Crippen LogP contribution in [0.4, 0.5) is 0 Å². The predicted molar refractivity (Wildman–Crippen MR) is 233 cm³/mol. The van der Waals surface area contributed by atoms with Crippen LogP contribution < -0.4 is 10.6 Å². The van der Waals surface area contributed by atoms with Crippen molar-refractivity contribution in [3.05, 3.63) is 11.6 Å². The summed E-state index contributed by atoms with van der Waals surface area (Å²) in [6, 6.07) is 0. The second-order valence-corrected chi connectivity index (χ2v) is 22.0. The van der Waals surface area contributed by atoms with Gasteiger partial charge in [-0.25, -0.2) is 0 Å². The molecule has 4 fully saturated rings. The average molecular weight is 809 g/mol. The van der Waals surface area contributed by atoms with E-state index in [0.29, 0.717) is 37.6 Å². The van der Waals surface area contributed by atoms with Gasteiger partial charge in [0.2, 0.25) is 11.8 Å². The molecule has 0 bridgehead atoms. The zero-order chi connectivity index (χ0) is 42.4. The Morgan fingerprint density at radius 3 is 2.05 bits per heavy atom. The zero-order valence-electron chi connectivity index (χ0n) is 38.3. The van der Waals surface area contributed by atoms with Gasteiger partial charge >= 0.3 is 11.9 Å². The van der Waals surface area contributed by atoms with Crippen LogP contribution in [-0.2, 0) is 23.9 Å². The molecule has 0 aliphatic heterocycles. The lowest BCUT2D eigenvalue weighted by Gasteiger charge is -2.71. The summed E-state index contributed by atoms with van der Waals surface area (Å²) in [6.07, 6.45) is 27.5. The Balaban J connectivity index is 1.22. The second kappa shape index (κ2) is 19.1. The number of fused-ring (bicyclic) bond motifs is 7. The summed E-state index contributed by atoms with van der Waals surface area (Å²) in [7, 11) is 0. The summed E-state index contributed by atoms with van der Waals surface area (Å²) in [5.41, 5.74) is 1.65. The van der Waals surface area contributed by atoms with Gasteiger partial charge in [0, 0.05) is 24.8 Å². The predicted octanol–water partition coefficient (Wildman–Crippen LogP) is 11.5. The number of amides is 2. The largest absolute Gasteiger partial charge is 0.480 e. The van der Waals surface area contributed by atoms with Crippen molar-refractivity contribution >= 4 is 23.8 Å². The Kier molecular flexibility index (Phi) is 15.4. The minimum atomic E-state index is -1.04. The highest BCUT2D eigenvalue weighted by Crippen LogP contribution is 2.76. The molecule has 3 N–H and O–H groups in total. The SMILES string of the molecule is CCCCCCCCCCCC(=O)O[C@H]1CC[C@@]2(C)C(CC[C@]3(C)C2CC=C2C4CC(C)(C)CC[C@]4(C(=O)NCCCCCC(=O)NCC(=O)O)CC[C@]23C)C1(C)C. The number of hydrogen-bond acceptors (Lipinski definition) is 5. The fourth-order valence-corrected chi connectivity index (χ4v) is 13.9. The number of carbonyl (C=O) groups excluding carboxylic acids is 3. The van der Waals surface area contributed by atoms with Crippen LogP contribution in [-0.4, -0.2) is 48.1 Å². The van der Waals surface area contributed by atoms with Crippen molar-refractivity contribution in [2.45, 2.75) is 216 Å². The molecule has 330 valence electrons. The highest BCUT2D eigenvalue weighted by atomic mass is 16.5. The summed E-state index contributed by atoms with van der Waals surface area (Å²) in [4.78, 5) is 50.4. The molecule has 8 heteroatoms. The Morgan fingerprint density at radius 1 is 0.724 bits per heavy atom. The molecule has 0 saturated heterocycles. The van der Waals surface area contributed by atoms with Crippen molar-refractivity contribution in [3.8, 4) is 0 Å². The Labute approximate surface area is 353 Å². The second-order valence-electron chi connectivity index (χ2n) is 22.0. The molecule has 3 unspecified atom stereocenters. The topological polar surface area (TPSA) is 122 Å². The van der Waals surface area contributed by atoms with Crippen LogP contribution in [0, 0.1) is 50.2 Å². The third-order valence-corrected chi connectivity index (χ3v) is 17.6. The molecular formula is C50H84N2O6. The molecular weight excluding hydrogens is 725 g/mol. The lowest BCUT2D eigenvalue weighted by molar-refractivity contribution is -0.213. The lowest BCUT2D eigenvalue weighted by Crippen LogP contribution is -2.65. The van der Waals surface area contributed by atoms with Gasteiger partial charge in [-0.2, -0.15) is 0 Å². The minimum absolute atomic E-state index is 0.00663. The fraction of sp³-hybridized carbons (Fsp3) is 0.880. The van der Waals surface area contributed by atoms with Gasteiger partial charge in [0.15, 0.2) is 0 Å². The number of esters is 1. The molecule has 0 aromatic carbocycles. The van der Waals surface area contributed by atoms with Gasteiger partial charge in [0.1, 0.15) is 12.6 Å². The fourth-order valence-electron chi connectivity index (χ4n) is 13.9. The molecule has 0 spiro atoms. The van der Waals surface area contributed by atoms with Crippen LogP contribution in [0.2, 0.25) is 0 Å². The number of aliphatic carboxylic acids is 1.